The highest BCUT2D eigenvalue weighted by Crippen LogP contribution is 2.33. The molecule has 1 aromatic carbocycles. The van der Waals surface area contributed by atoms with Gasteiger partial charge in [0.15, 0.2) is 5.96 Å². The molecule has 2 heterocycles. The first kappa shape index (κ1) is 18.9. The molecule has 1 aliphatic heterocycles. The summed E-state index contributed by atoms with van der Waals surface area (Å²) >= 11 is 1.82. The number of rotatable bonds is 5. The number of guanidine groups is 1. The molecule has 2 unspecified atom stereocenters. The summed E-state index contributed by atoms with van der Waals surface area (Å²) in [7, 11) is 1.82. The number of hydrogen-bond acceptors (Lipinski definition) is 3. The van der Waals surface area contributed by atoms with E-state index in [9.17, 15) is 0 Å². The summed E-state index contributed by atoms with van der Waals surface area (Å²) < 4.78 is 6.12. The van der Waals surface area contributed by atoms with Crippen molar-refractivity contribution in [2.24, 2.45) is 10.9 Å². The lowest BCUT2D eigenvalue weighted by Gasteiger charge is -2.32. The van der Waals surface area contributed by atoms with Crippen LogP contribution in [0.5, 0.6) is 0 Å². The third-order valence-electron chi connectivity index (χ3n) is 4.83. The summed E-state index contributed by atoms with van der Waals surface area (Å²) in [6.45, 7) is 6.77. The molecule has 1 aliphatic rings. The van der Waals surface area contributed by atoms with Gasteiger partial charge in [0.1, 0.15) is 0 Å². The third kappa shape index (κ3) is 5.08. The van der Waals surface area contributed by atoms with E-state index in [1.807, 2.05) is 18.4 Å². The molecule has 5 heteroatoms. The Labute approximate surface area is 160 Å². The fourth-order valence-electron chi connectivity index (χ4n) is 3.38. The summed E-state index contributed by atoms with van der Waals surface area (Å²) in [6.07, 6.45) is 2.46. The topological polar surface area (TPSA) is 45.7 Å². The van der Waals surface area contributed by atoms with Crippen LogP contribution in [-0.2, 0) is 11.3 Å². The van der Waals surface area contributed by atoms with E-state index in [0.717, 1.165) is 32.1 Å². The van der Waals surface area contributed by atoms with E-state index in [2.05, 4.69) is 65.9 Å². The molecule has 0 radical (unpaired) electrons. The van der Waals surface area contributed by atoms with E-state index in [1.54, 1.807) is 0 Å². The molecule has 1 fully saturated rings. The molecule has 2 N–H and O–H groups in total. The number of nitrogens with zero attached hydrogens (tertiary/aromatic N) is 1. The molecule has 2 atom stereocenters. The summed E-state index contributed by atoms with van der Waals surface area (Å²) in [5.41, 5.74) is 2.56. The van der Waals surface area contributed by atoms with E-state index in [0.29, 0.717) is 5.92 Å². The Kier molecular flexibility index (Phi) is 6.69. The number of aryl methyl sites for hydroxylation is 2. The van der Waals surface area contributed by atoms with Gasteiger partial charge in [-0.05, 0) is 44.4 Å². The summed E-state index contributed by atoms with van der Waals surface area (Å²) in [4.78, 5) is 7.02. The minimum absolute atomic E-state index is 0.162. The minimum atomic E-state index is 0.162. The predicted molar refractivity (Wildman–Crippen MR) is 110 cm³/mol. The number of benzene rings is 1. The zero-order valence-corrected chi connectivity index (χ0v) is 16.7. The van der Waals surface area contributed by atoms with Crippen molar-refractivity contribution in [1.29, 1.82) is 0 Å². The summed E-state index contributed by atoms with van der Waals surface area (Å²) in [6, 6.07) is 13.1. The van der Waals surface area contributed by atoms with E-state index in [-0.39, 0.29) is 6.10 Å². The monoisotopic (exact) mass is 371 g/mol. The quantitative estimate of drug-likeness (QED) is 0.612. The van der Waals surface area contributed by atoms with Crippen LogP contribution in [0.3, 0.4) is 0 Å². The maximum Gasteiger partial charge on any atom is 0.191 e. The zero-order valence-electron chi connectivity index (χ0n) is 15.9. The Bertz CT molecular complexity index is 723. The Hall–Kier alpha value is -1.85. The van der Waals surface area contributed by atoms with Crippen LogP contribution in [0.15, 0.2) is 41.4 Å². The fourth-order valence-corrected chi connectivity index (χ4v) is 4.21. The smallest absolute Gasteiger partial charge is 0.191 e. The van der Waals surface area contributed by atoms with Crippen LogP contribution < -0.4 is 10.6 Å². The lowest BCUT2D eigenvalue weighted by atomic mass is 9.89. The Morgan fingerprint density at radius 2 is 1.96 bits per heavy atom. The van der Waals surface area contributed by atoms with Gasteiger partial charge >= 0.3 is 0 Å². The van der Waals surface area contributed by atoms with Crippen molar-refractivity contribution in [3.8, 4) is 0 Å². The molecule has 140 valence electrons. The fraction of sp³-hybridized carbons (Fsp3) is 0.476. The van der Waals surface area contributed by atoms with E-state index in [4.69, 9.17) is 4.74 Å². The van der Waals surface area contributed by atoms with Crippen molar-refractivity contribution in [3.05, 3.63) is 57.3 Å². The van der Waals surface area contributed by atoms with Gasteiger partial charge in [0.2, 0.25) is 0 Å². The second-order valence-electron chi connectivity index (χ2n) is 6.92. The van der Waals surface area contributed by atoms with E-state index >= 15 is 0 Å². The van der Waals surface area contributed by atoms with Crippen LogP contribution >= 0.6 is 11.3 Å². The maximum atomic E-state index is 6.12. The summed E-state index contributed by atoms with van der Waals surface area (Å²) in [5.74, 6) is 1.30. The lowest BCUT2D eigenvalue weighted by molar-refractivity contribution is -0.0265. The minimum Gasteiger partial charge on any atom is -0.373 e. The number of nitrogens with one attached hydrogen (secondary N) is 2. The van der Waals surface area contributed by atoms with Crippen molar-refractivity contribution >= 4 is 17.3 Å². The Balaban J connectivity index is 1.55. The first-order valence-corrected chi connectivity index (χ1v) is 10.2. The normalized spacial score (nSPS) is 20.8. The molecular formula is C21H29N3OS. The van der Waals surface area contributed by atoms with Gasteiger partial charge in [-0.15, -0.1) is 11.3 Å². The van der Waals surface area contributed by atoms with Crippen LogP contribution in [-0.4, -0.2) is 26.2 Å². The van der Waals surface area contributed by atoms with Gasteiger partial charge in [-0.2, -0.15) is 0 Å². The van der Waals surface area contributed by atoms with Crippen molar-refractivity contribution in [1.82, 2.24) is 10.6 Å². The molecule has 2 aromatic rings. The number of hydrogen-bond donors (Lipinski definition) is 2. The molecule has 1 saturated heterocycles. The third-order valence-corrected chi connectivity index (χ3v) is 5.83. The highest BCUT2D eigenvalue weighted by molar-refractivity contribution is 7.11. The van der Waals surface area contributed by atoms with Crippen molar-refractivity contribution in [2.75, 3.05) is 20.2 Å². The van der Waals surface area contributed by atoms with Gasteiger partial charge in [-0.3, -0.25) is 4.99 Å². The molecule has 1 aromatic heterocycles. The second-order valence-corrected chi connectivity index (χ2v) is 8.30. The Morgan fingerprint density at radius 3 is 2.65 bits per heavy atom. The molecule has 0 saturated carbocycles. The maximum absolute atomic E-state index is 6.12. The second kappa shape index (κ2) is 9.19. The van der Waals surface area contributed by atoms with Gasteiger partial charge in [0.05, 0.1) is 12.6 Å². The highest BCUT2D eigenvalue weighted by Gasteiger charge is 2.27. The molecule has 0 aliphatic carbocycles. The molecule has 26 heavy (non-hydrogen) atoms. The summed E-state index contributed by atoms with van der Waals surface area (Å²) in [5, 5.41) is 6.90. The first-order chi connectivity index (χ1) is 12.7. The van der Waals surface area contributed by atoms with Crippen LogP contribution in [0, 0.1) is 19.8 Å². The van der Waals surface area contributed by atoms with Crippen molar-refractivity contribution in [2.45, 2.75) is 39.3 Å². The molecule has 3 rings (SSSR count). The standard InChI is InChI=1S/C21H29N3OS/c1-15-6-9-17(10-7-15)20-18(5-4-12-25-20)13-23-21(22-3)24-14-19-11-8-16(2)26-19/h6-11,18,20H,4-5,12-14H2,1-3H3,(H2,22,23,24). The van der Waals surface area contributed by atoms with Crippen LogP contribution in [0.2, 0.25) is 0 Å². The van der Waals surface area contributed by atoms with Crippen LogP contribution in [0.25, 0.3) is 0 Å². The van der Waals surface area contributed by atoms with E-state index in [1.165, 1.54) is 27.3 Å². The number of thiophene rings is 1. The first-order valence-electron chi connectivity index (χ1n) is 9.33. The average Bonchev–Trinajstić information content (AvgIpc) is 3.08. The predicted octanol–water partition coefficient (Wildman–Crippen LogP) is 4.20. The number of aliphatic imine (C=N–C) groups is 1. The largest absolute Gasteiger partial charge is 0.373 e. The highest BCUT2D eigenvalue weighted by atomic mass is 32.1. The molecule has 0 bridgehead atoms. The molecule has 4 nitrogen and oxygen atoms in total. The van der Waals surface area contributed by atoms with Crippen molar-refractivity contribution < 1.29 is 4.74 Å². The lowest BCUT2D eigenvalue weighted by Crippen LogP contribution is -2.41. The van der Waals surface area contributed by atoms with E-state index < -0.39 is 0 Å². The van der Waals surface area contributed by atoms with Gasteiger partial charge in [0, 0.05) is 35.9 Å². The van der Waals surface area contributed by atoms with Gasteiger partial charge in [-0.1, -0.05) is 29.8 Å². The van der Waals surface area contributed by atoms with Crippen LogP contribution in [0.1, 0.15) is 39.8 Å². The molecular weight excluding hydrogens is 342 g/mol. The Morgan fingerprint density at radius 1 is 1.15 bits per heavy atom. The number of ether oxygens (including phenoxy) is 1. The SMILES string of the molecule is CN=C(NCc1ccc(C)s1)NCC1CCCOC1c1ccc(C)cc1. The zero-order chi connectivity index (χ0) is 18.4. The van der Waals surface area contributed by atoms with Crippen molar-refractivity contribution in [3.63, 3.8) is 0 Å². The van der Waals surface area contributed by atoms with Gasteiger partial charge in [-0.25, -0.2) is 0 Å². The molecule has 0 amide bonds. The molecule has 0 spiro atoms. The average molecular weight is 372 g/mol. The van der Waals surface area contributed by atoms with Gasteiger partial charge < -0.3 is 15.4 Å². The van der Waals surface area contributed by atoms with Gasteiger partial charge in [0.25, 0.3) is 0 Å². The van der Waals surface area contributed by atoms with Crippen LogP contribution in [0.4, 0.5) is 0 Å².